The summed E-state index contributed by atoms with van der Waals surface area (Å²) in [6.07, 6.45) is -0.597. The Morgan fingerprint density at radius 1 is 1.25 bits per heavy atom. The predicted molar refractivity (Wildman–Crippen MR) is 85.1 cm³/mol. The summed E-state index contributed by atoms with van der Waals surface area (Å²) in [4.78, 5) is 38.2. The Hall–Kier alpha value is -2.61. The van der Waals surface area contributed by atoms with Crippen molar-refractivity contribution in [2.45, 2.75) is 12.5 Å². The van der Waals surface area contributed by atoms with Crippen LogP contribution in [0.25, 0.3) is 0 Å². The maximum absolute atomic E-state index is 12.6. The second kappa shape index (κ2) is 6.88. The first-order valence-corrected chi connectivity index (χ1v) is 7.82. The zero-order valence-electron chi connectivity index (χ0n) is 13.1. The number of benzene rings is 1. The van der Waals surface area contributed by atoms with E-state index in [1.54, 1.807) is 34.1 Å². The van der Waals surface area contributed by atoms with Gasteiger partial charge in [0.25, 0.3) is 5.91 Å². The van der Waals surface area contributed by atoms with Gasteiger partial charge in [-0.25, -0.2) is 4.79 Å². The van der Waals surface area contributed by atoms with Crippen molar-refractivity contribution in [1.82, 2.24) is 10.2 Å². The highest BCUT2D eigenvalue weighted by molar-refractivity contribution is 5.97. The third-order valence-corrected chi connectivity index (χ3v) is 4.11. The molecule has 0 saturated carbocycles. The van der Waals surface area contributed by atoms with Crippen LogP contribution in [0.15, 0.2) is 24.3 Å². The molecule has 24 heavy (non-hydrogen) atoms. The molecule has 8 heteroatoms. The number of nitrogens with zero attached hydrogens (tertiary/aromatic N) is 2. The van der Waals surface area contributed by atoms with Crippen molar-refractivity contribution in [3.8, 4) is 0 Å². The lowest BCUT2D eigenvalue weighted by Crippen LogP contribution is -2.46. The number of morpholine rings is 1. The van der Waals surface area contributed by atoms with E-state index in [0.717, 1.165) is 5.69 Å². The summed E-state index contributed by atoms with van der Waals surface area (Å²) in [5.74, 6) is -1.10. The summed E-state index contributed by atoms with van der Waals surface area (Å²) in [7, 11) is 0. The highest BCUT2D eigenvalue weighted by Crippen LogP contribution is 2.19. The molecular weight excluding hydrogens is 314 g/mol. The minimum Gasteiger partial charge on any atom is -0.481 e. The van der Waals surface area contributed by atoms with Crippen molar-refractivity contribution in [2.24, 2.45) is 0 Å². The van der Waals surface area contributed by atoms with Crippen LogP contribution in [0.1, 0.15) is 16.8 Å². The Morgan fingerprint density at radius 2 is 2.00 bits per heavy atom. The smallest absolute Gasteiger partial charge is 0.321 e. The zero-order chi connectivity index (χ0) is 17.1. The van der Waals surface area contributed by atoms with Gasteiger partial charge in [0, 0.05) is 37.4 Å². The molecule has 2 saturated heterocycles. The van der Waals surface area contributed by atoms with Crippen LogP contribution in [0.3, 0.4) is 0 Å². The van der Waals surface area contributed by atoms with Gasteiger partial charge in [-0.15, -0.1) is 0 Å². The monoisotopic (exact) mass is 333 g/mol. The molecule has 2 fully saturated rings. The number of rotatable bonds is 4. The Labute approximate surface area is 139 Å². The number of ether oxygens (including phenoxy) is 1. The highest BCUT2D eigenvalue weighted by Gasteiger charge is 2.27. The van der Waals surface area contributed by atoms with E-state index in [0.29, 0.717) is 31.8 Å². The number of carboxylic acids is 1. The van der Waals surface area contributed by atoms with Crippen molar-refractivity contribution in [3.05, 3.63) is 29.8 Å². The molecule has 2 heterocycles. The van der Waals surface area contributed by atoms with Gasteiger partial charge in [0.05, 0.1) is 19.1 Å². The summed E-state index contributed by atoms with van der Waals surface area (Å²) in [6, 6.07) is 6.72. The minimum absolute atomic E-state index is 0.118. The van der Waals surface area contributed by atoms with E-state index >= 15 is 0 Å². The van der Waals surface area contributed by atoms with E-state index in [2.05, 4.69) is 5.32 Å². The van der Waals surface area contributed by atoms with Crippen molar-refractivity contribution >= 4 is 23.6 Å². The predicted octanol–water partition coefficient (Wildman–Crippen LogP) is 0.532. The number of carbonyl (C=O) groups excluding carboxylic acids is 2. The average Bonchev–Trinajstić information content (AvgIpc) is 3.00. The molecular formula is C16H19N3O5. The van der Waals surface area contributed by atoms with Gasteiger partial charge in [0.1, 0.15) is 0 Å². The Bertz CT molecular complexity index is 646. The number of aliphatic carboxylic acids is 1. The molecule has 3 rings (SSSR count). The topological polar surface area (TPSA) is 99.2 Å². The molecule has 8 nitrogen and oxygen atoms in total. The molecule has 0 radical (unpaired) electrons. The van der Waals surface area contributed by atoms with Crippen LogP contribution >= 0.6 is 0 Å². The fraction of sp³-hybridized carbons (Fsp3) is 0.438. The lowest BCUT2D eigenvalue weighted by Gasteiger charge is -2.32. The molecule has 0 bridgehead atoms. The number of carbonyl (C=O) groups is 3. The van der Waals surface area contributed by atoms with Gasteiger partial charge < -0.3 is 20.1 Å². The summed E-state index contributed by atoms with van der Waals surface area (Å²) < 4.78 is 5.38. The Morgan fingerprint density at radius 3 is 2.62 bits per heavy atom. The molecule has 0 spiro atoms. The Balaban J connectivity index is 1.66. The zero-order valence-corrected chi connectivity index (χ0v) is 13.1. The SMILES string of the molecule is O=C(O)C[C@H]1CN(C(=O)c2ccc(N3CCNC3=O)cc2)CCO1. The molecule has 1 aromatic rings. The lowest BCUT2D eigenvalue weighted by molar-refractivity contribution is -0.141. The summed E-state index contributed by atoms with van der Waals surface area (Å²) in [6.45, 7) is 2.24. The van der Waals surface area contributed by atoms with Gasteiger partial charge in [-0.3, -0.25) is 14.5 Å². The third-order valence-electron chi connectivity index (χ3n) is 4.11. The van der Waals surface area contributed by atoms with Crippen LogP contribution in [0, 0.1) is 0 Å². The number of carboxylic acid groups (broad SMARTS) is 1. The highest BCUT2D eigenvalue weighted by atomic mass is 16.5. The van der Waals surface area contributed by atoms with Crippen LogP contribution in [0.5, 0.6) is 0 Å². The van der Waals surface area contributed by atoms with Crippen LogP contribution in [0.4, 0.5) is 10.5 Å². The normalized spacial score (nSPS) is 20.8. The first-order chi connectivity index (χ1) is 11.5. The average molecular weight is 333 g/mol. The van der Waals surface area contributed by atoms with Gasteiger partial charge in [-0.05, 0) is 24.3 Å². The van der Waals surface area contributed by atoms with Crippen molar-refractivity contribution in [1.29, 1.82) is 0 Å². The molecule has 2 N–H and O–H groups in total. The number of hydrogen-bond donors (Lipinski definition) is 2. The molecule has 1 atom stereocenters. The van der Waals surface area contributed by atoms with E-state index in [1.807, 2.05) is 0 Å². The molecule has 0 unspecified atom stereocenters. The van der Waals surface area contributed by atoms with Gasteiger partial charge >= 0.3 is 12.0 Å². The van der Waals surface area contributed by atoms with Crippen LogP contribution in [-0.2, 0) is 9.53 Å². The van der Waals surface area contributed by atoms with Crippen molar-refractivity contribution < 1.29 is 24.2 Å². The summed E-state index contributed by atoms with van der Waals surface area (Å²) in [5.41, 5.74) is 1.25. The number of nitrogens with one attached hydrogen (secondary N) is 1. The summed E-state index contributed by atoms with van der Waals surface area (Å²) >= 11 is 0. The van der Waals surface area contributed by atoms with E-state index < -0.39 is 12.1 Å². The second-order valence-corrected chi connectivity index (χ2v) is 5.77. The van der Waals surface area contributed by atoms with E-state index in [4.69, 9.17) is 9.84 Å². The van der Waals surface area contributed by atoms with E-state index in [-0.39, 0.29) is 24.9 Å². The molecule has 2 aliphatic rings. The fourth-order valence-corrected chi connectivity index (χ4v) is 2.91. The van der Waals surface area contributed by atoms with E-state index in [9.17, 15) is 14.4 Å². The van der Waals surface area contributed by atoms with Gasteiger partial charge in [-0.2, -0.15) is 0 Å². The van der Waals surface area contributed by atoms with Crippen LogP contribution in [0.2, 0.25) is 0 Å². The summed E-state index contributed by atoms with van der Waals surface area (Å²) in [5, 5.41) is 11.6. The minimum atomic E-state index is -0.942. The molecule has 3 amide bonds. The number of urea groups is 1. The maximum atomic E-state index is 12.6. The molecule has 2 aliphatic heterocycles. The van der Waals surface area contributed by atoms with Crippen molar-refractivity contribution in [3.63, 3.8) is 0 Å². The number of hydrogen-bond acceptors (Lipinski definition) is 4. The number of amides is 3. The first kappa shape index (κ1) is 16.3. The third kappa shape index (κ3) is 3.48. The maximum Gasteiger partial charge on any atom is 0.321 e. The quantitative estimate of drug-likeness (QED) is 0.837. The Kier molecular flexibility index (Phi) is 4.66. The molecule has 128 valence electrons. The van der Waals surface area contributed by atoms with Gasteiger partial charge in [0.2, 0.25) is 0 Å². The van der Waals surface area contributed by atoms with E-state index in [1.165, 1.54) is 0 Å². The molecule has 0 aromatic heterocycles. The first-order valence-electron chi connectivity index (χ1n) is 7.82. The second-order valence-electron chi connectivity index (χ2n) is 5.77. The largest absolute Gasteiger partial charge is 0.481 e. The number of anilines is 1. The van der Waals surface area contributed by atoms with Gasteiger partial charge in [0.15, 0.2) is 0 Å². The fourth-order valence-electron chi connectivity index (χ4n) is 2.91. The standard InChI is InChI=1S/C16H19N3O5/c20-14(21)9-13-10-18(7-8-24-13)15(22)11-1-3-12(4-2-11)19-6-5-17-16(19)23/h1-4,13H,5-10H2,(H,17,23)(H,20,21)/t13-/m0/s1. The van der Waals surface area contributed by atoms with Crippen LogP contribution in [-0.4, -0.2) is 66.8 Å². The molecule has 1 aromatic carbocycles. The van der Waals surface area contributed by atoms with Crippen LogP contribution < -0.4 is 10.2 Å². The lowest BCUT2D eigenvalue weighted by atomic mass is 10.1. The van der Waals surface area contributed by atoms with Crippen molar-refractivity contribution in [2.75, 3.05) is 37.7 Å². The van der Waals surface area contributed by atoms with Gasteiger partial charge in [-0.1, -0.05) is 0 Å². The molecule has 0 aliphatic carbocycles.